The van der Waals surface area contributed by atoms with Gasteiger partial charge in [0, 0.05) is 25.7 Å². The molecule has 19 heteroatoms. The van der Waals surface area contributed by atoms with Crippen molar-refractivity contribution in [3.63, 3.8) is 0 Å². The molecule has 588 valence electrons. The molecule has 0 aromatic carbocycles. The first kappa shape index (κ1) is 97.1. The molecule has 0 aliphatic carbocycles. The van der Waals surface area contributed by atoms with Crippen molar-refractivity contribution in [2.45, 2.75) is 439 Å². The summed E-state index contributed by atoms with van der Waals surface area (Å²) < 4.78 is 68.7. The minimum atomic E-state index is -4.96. The topological polar surface area (TPSA) is 237 Å². The Bertz CT molecular complexity index is 1910. The second-order valence-electron chi connectivity index (χ2n) is 29.8. The summed E-state index contributed by atoms with van der Waals surface area (Å²) in [4.78, 5) is 73.0. The van der Waals surface area contributed by atoms with Gasteiger partial charge in [-0.25, -0.2) is 9.13 Å². The third kappa shape index (κ3) is 74.1. The van der Waals surface area contributed by atoms with Crippen LogP contribution in [0.5, 0.6) is 0 Å². The molecule has 3 N–H and O–H groups in total. The van der Waals surface area contributed by atoms with Crippen LogP contribution in [0.3, 0.4) is 0 Å². The third-order valence-corrected chi connectivity index (χ3v) is 20.6. The molecule has 0 radical (unpaired) electrons. The smallest absolute Gasteiger partial charge is 0.462 e. The number of phosphoric acid groups is 2. The number of aliphatic hydroxyl groups excluding tert-OH is 1. The number of rotatable bonds is 79. The summed E-state index contributed by atoms with van der Waals surface area (Å²) in [5.74, 6) is -0.513. The zero-order valence-corrected chi connectivity index (χ0v) is 66.6. The molecule has 0 saturated heterocycles. The molecule has 17 nitrogen and oxygen atoms in total. The second-order valence-corrected chi connectivity index (χ2v) is 32.7. The molecule has 0 aromatic heterocycles. The fourth-order valence-corrected chi connectivity index (χ4v) is 13.9. The van der Waals surface area contributed by atoms with E-state index < -0.39 is 97.5 Å². The first-order valence-electron chi connectivity index (χ1n) is 41.5. The molecule has 99 heavy (non-hydrogen) atoms. The Kier molecular flexibility index (Phi) is 70.3. The highest BCUT2D eigenvalue weighted by atomic mass is 31.2. The maximum atomic E-state index is 13.1. The van der Waals surface area contributed by atoms with Gasteiger partial charge in [0.25, 0.3) is 0 Å². The molecule has 0 aliphatic rings. The van der Waals surface area contributed by atoms with E-state index in [1.807, 2.05) is 0 Å². The molecule has 0 fully saturated rings. The van der Waals surface area contributed by atoms with Gasteiger partial charge in [-0.1, -0.05) is 369 Å². The fourth-order valence-electron chi connectivity index (χ4n) is 12.4. The minimum Gasteiger partial charge on any atom is -0.462 e. The van der Waals surface area contributed by atoms with Gasteiger partial charge in [-0.3, -0.25) is 37.3 Å². The number of phosphoric ester groups is 2. The maximum absolute atomic E-state index is 13.1. The van der Waals surface area contributed by atoms with Crippen LogP contribution in [0.2, 0.25) is 0 Å². The highest BCUT2D eigenvalue weighted by Gasteiger charge is 2.30. The number of esters is 4. The molecule has 0 bridgehead atoms. The van der Waals surface area contributed by atoms with Crippen molar-refractivity contribution >= 4 is 39.5 Å². The first-order valence-corrected chi connectivity index (χ1v) is 44.5. The number of aliphatic hydroxyl groups is 1. The van der Waals surface area contributed by atoms with Crippen molar-refractivity contribution in [2.75, 3.05) is 39.6 Å². The summed E-state index contributed by atoms with van der Waals surface area (Å²) in [6, 6.07) is 0. The Morgan fingerprint density at radius 3 is 0.687 bits per heavy atom. The summed E-state index contributed by atoms with van der Waals surface area (Å²) in [7, 11) is -9.92. The van der Waals surface area contributed by atoms with Gasteiger partial charge >= 0.3 is 39.5 Å². The molecule has 0 heterocycles. The summed E-state index contributed by atoms with van der Waals surface area (Å²) in [5, 5.41) is 10.6. The SMILES string of the molecule is CCCCCCCCCCCCCCCC(=O)O[C@H](COC(=O)CCCCCCCCCCCCCC)COP(=O)(O)OC[C@H](O)COP(=O)(O)OC[C@@H](COC(=O)CCCCCCCCCCCCCCCC(C)C)OC(=O)CCCCCCCCCCCCCCCCCC(C)C. The van der Waals surface area contributed by atoms with Crippen LogP contribution >= 0.6 is 15.6 Å². The zero-order valence-electron chi connectivity index (χ0n) is 64.8. The molecule has 0 aliphatic heterocycles. The maximum Gasteiger partial charge on any atom is 0.472 e. The van der Waals surface area contributed by atoms with Crippen molar-refractivity contribution in [2.24, 2.45) is 11.8 Å². The fraction of sp³-hybridized carbons (Fsp3) is 0.950. The molecule has 0 saturated carbocycles. The van der Waals surface area contributed by atoms with Crippen LogP contribution in [0.1, 0.15) is 420 Å². The minimum absolute atomic E-state index is 0.108. The first-order chi connectivity index (χ1) is 47.9. The highest BCUT2D eigenvalue weighted by molar-refractivity contribution is 7.47. The highest BCUT2D eigenvalue weighted by Crippen LogP contribution is 2.45. The Hall–Kier alpha value is -1.94. The number of ether oxygens (including phenoxy) is 4. The van der Waals surface area contributed by atoms with Crippen LogP contribution in [-0.2, 0) is 65.4 Å². The molecule has 0 aromatic rings. The molecule has 5 atom stereocenters. The van der Waals surface area contributed by atoms with E-state index in [0.717, 1.165) is 102 Å². The normalized spacial score (nSPS) is 13.9. The van der Waals surface area contributed by atoms with Gasteiger partial charge in [0.05, 0.1) is 26.4 Å². The Morgan fingerprint density at radius 1 is 0.273 bits per heavy atom. The quantitative estimate of drug-likeness (QED) is 0.0222. The van der Waals surface area contributed by atoms with E-state index in [-0.39, 0.29) is 25.7 Å². The average molecular weight is 1450 g/mol. The van der Waals surface area contributed by atoms with E-state index in [2.05, 4.69) is 41.5 Å². The molecule has 0 rings (SSSR count). The summed E-state index contributed by atoms with van der Waals surface area (Å²) in [5.41, 5.74) is 0. The Labute approximate surface area is 607 Å². The van der Waals surface area contributed by atoms with Crippen molar-refractivity contribution in [3.05, 3.63) is 0 Å². The van der Waals surface area contributed by atoms with Crippen LogP contribution in [-0.4, -0.2) is 96.7 Å². The molecular weight excluding hydrogens is 1290 g/mol. The number of carbonyl (C=O) groups excluding carboxylic acids is 4. The van der Waals surface area contributed by atoms with E-state index in [4.69, 9.17) is 37.0 Å². The van der Waals surface area contributed by atoms with Gasteiger partial charge in [0.1, 0.15) is 19.3 Å². The largest absolute Gasteiger partial charge is 0.472 e. The van der Waals surface area contributed by atoms with E-state index in [1.54, 1.807) is 0 Å². The van der Waals surface area contributed by atoms with Crippen LogP contribution in [0.25, 0.3) is 0 Å². The van der Waals surface area contributed by atoms with Gasteiger partial charge in [-0.15, -0.1) is 0 Å². The van der Waals surface area contributed by atoms with Crippen molar-refractivity contribution < 1.29 is 80.2 Å². The Morgan fingerprint density at radius 2 is 0.465 bits per heavy atom. The lowest BCUT2D eigenvalue weighted by molar-refractivity contribution is -0.161. The van der Waals surface area contributed by atoms with E-state index >= 15 is 0 Å². The van der Waals surface area contributed by atoms with Crippen LogP contribution in [0, 0.1) is 11.8 Å². The van der Waals surface area contributed by atoms with E-state index in [0.29, 0.717) is 25.7 Å². The van der Waals surface area contributed by atoms with Crippen LogP contribution < -0.4 is 0 Å². The van der Waals surface area contributed by atoms with Gasteiger partial charge in [-0.05, 0) is 37.5 Å². The van der Waals surface area contributed by atoms with Gasteiger partial charge in [0.2, 0.25) is 0 Å². The molecular formula is C80H156O17P2. The summed E-state index contributed by atoms with van der Waals surface area (Å²) in [6.45, 7) is 9.68. The molecule has 0 spiro atoms. The lowest BCUT2D eigenvalue weighted by atomic mass is 10.0. The number of carbonyl (C=O) groups is 4. The van der Waals surface area contributed by atoms with Crippen LogP contribution in [0.4, 0.5) is 0 Å². The van der Waals surface area contributed by atoms with Gasteiger partial charge in [0.15, 0.2) is 12.2 Å². The van der Waals surface area contributed by atoms with Crippen molar-refractivity contribution in [1.82, 2.24) is 0 Å². The average Bonchev–Trinajstić information content (AvgIpc) is 0.985. The predicted molar refractivity (Wildman–Crippen MR) is 405 cm³/mol. The standard InChI is InChI=1S/C80H156O17P2/c1-7-9-11-13-15-17-19-25-34-40-46-52-58-64-79(84)96-75(68-90-77(82)62-56-50-44-38-32-20-18-16-14-12-10-8-2)70-94-98(86,87)92-66-74(81)67-93-99(88,89)95-71-76(69-91-78(83)63-57-51-45-39-33-29-24-27-31-37-43-49-55-61-73(5)6)97-80(85)65-59-53-47-41-35-28-23-21-22-26-30-36-42-48-54-60-72(3)4/h72-76,81H,7-71H2,1-6H3,(H,86,87)(H,88,89)/t74-,75+,76+/m0/s1. The number of hydrogen-bond acceptors (Lipinski definition) is 15. The number of unbranched alkanes of at least 4 members (excludes halogenated alkanes) is 49. The van der Waals surface area contributed by atoms with E-state index in [9.17, 15) is 43.2 Å². The van der Waals surface area contributed by atoms with Gasteiger partial charge < -0.3 is 33.8 Å². The van der Waals surface area contributed by atoms with Crippen molar-refractivity contribution in [1.29, 1.82) is 0 Å². The lowest BCUT2D eigenvalue weighted by Gasteiger charge is -2.21. The van der Waals surface area contributed by atoms with Gasteiger partial charge in [-0.2, -0.15) is 0 Å². The summed E-state index contributed by atoms with van der Waals surface area (Å²) in [6.07, 6.45) is 60.8. The summed E-state index contributed by atoms with van der Waals surface area (Å²) >= 11 is 0. The third-order valence-electron chi connectivity index (χ3n) is 18.7. The monoisotopic (exact) mass is 1450 g/mol. The Balaban J connectivity index is 5.26. The number of hydrogen-bond donors (Lipinski definition) is 3. The van der Waals surface area contributed by atoms with Crippen LogP contribution in [0.15, 0.2) is 0 Å². The lowest BCUT2D eigenvalue weighted by Crippen LogP contribution is -2.30. The predicted octanol–water partition coefficient (Wildman–Crippen LogP) is 23.9. The molecule has 0 amide bonds. The van der Waals surface area contributed by atoms with Crippen molar-refractivity contribution in [3.8, 4) is 0 Å². The molecule has 2 unspecified atom stereocenters. The second kappa shape index (κ2) is 71.7. The van der Waals surface area contributed by atoms with E-state index in [1.165, 1.54) is 238 Å². The zero-order chi connectivity index (χ0) is 72.8.